The van der Waals surface area contributed by atoms with E-state index in [0.717, 1.165) is 5.75 Å². The molecule has 0 heterocycles. The Morgan fingerprint density at radius 3 is 2.65 bits per heavy atom. The molecule has 0 bridgehead atoms. The summed E-state index contributed by atoms with van der Waals surface area (Å²) >= 11 is 0. The molecule has 2 heteroatoms. The first-order valence-electron chi connectivity index (χ1n) is 6.91. The molecule has 0 saturated carbocycles. The smallest absolute Gasteiger partial charge is 0.120 e. The van der Waals surface area contributed by atoms with Gasteiger partial charge in [-0.25, -0.2) is 0 Å². The Kier molecular flexibility index (Phi) is 5.39. The van der Waals surface area contributed by atoms with E-state index in [0.29, 0.717) is 12.6 Å². The van der Waals surface area contributed by atoms with Crippen molar-refractivity contribution in [2.45, 2.75) is 13.0 Å². The second-order valence-electron chi connectivity index (χ2n) is 4.71. The van der Waals surface area contributed by atoms with E-state index in [9.17, 15) is 0 Å². The van der Waals surface area contributed by atoms with E-state index in [1.807, 2.05) is 43.5 Å². The second kappa shape index (κ2) is 7.51. The lowest BCUT2D eigenvalue weighted by molar-refractivity contribution is 0.363. The van der Waals surface area contributed by atoms with Crippen LogP contribution in [0.15, 0.2) is 60.7 Å². The fourth-order valence-corrected chi connectivity index (χ4v) is 1.93. The highest BCUT2D eigenvalue weighted by atomic mass is 16.5. The van der Waals surface area contributed by atoms with E-state index in [1.165, 1.54) is 11.1 Å². The lowest BCUT2D eigenvalue weighted by atomic mass is 10.1. The predicted molar refractivity (Wildman–Crippen MR) is 84.9 cm³/mol. The molecule has 2 aromatic carbocycles. The highest BCUT2D eigenvalue weighted by molar-refractivity contribution is 5.48. The van der Waals surface area contributed by atoms with Crippen LogP contribution in [0, 0.1) is 0 Å². The van der Waals surface area contributed by atoms with Gasteiger partial charge in [0, 0.05) is 6.04 Å². The highest BCUT2D eigenvalue weighted by Gasteiger charge is 2.02. The summed E-state index contributed by atoms with van der Waals surface area (Å²) in [5, 5.41) is 3.23. The van der Waals surface area contributed by atoms with Gasteiger partial charge in [0.15, 0.2) is 0 Å². The van der Waals surface area contributed by atoms with Gasteiger partial charge in [-0.3, -0.25) is 0 Å². The Hall–Kier alpha value is -2.06. The molecule has 1 unspecified atom stereocenters. The largest absolute Gasteiger partial charge is 0.490 e. The highest BCUT2D eigenvalue weighted by Crippen LogP contribution is 2.18. The SMILES string of the molecule is CNC(C)c1cccc(OC/C=C/c2ccccc2)c1. The summed E-state index contributed by atoms with van der Waals surface area (Å²) in [7, 11) is 1.96. The predicted octanol–water partition coefficient (Wildman–Crippen LogP) is 4.06. The average Bonchev–Trinajstić information content (AvgIpc) is 2.52. The number of hydrogen-bond acceptors (Lipinski definition) is 2. The van der Waals surface area contributed by atoms with Crippen LogP contribution in [-0.2, 0) is 0 Å². The molecule has 0 amide bonds. The zero-order chi connectivity index (χ0) is 14.2. The molecule has 1 N–H and O–H groups in total. The van der Waals surface area contributed by atoms with Crippen molar-refractivity contribution in [3.63, 3.8) is 0 Å². The molecule has 2 rings (SSSR count). The van der Waals surface area contributed by atoms with Crippen LogP contribution < -0.4 is 10.1 Å². The maximum atomic E-state index is 5.75. The van der Waals surface area contributed by atoms with Gasteiger partial charge in [0.25, 0.3) is 0 Å². The molecule has 0 aliphatic heterocycles. The van der Waals surface area contributed by atoms with E-state index >= 15 is 0 Å². The number of hydrogen-bond donors (Lipinski definition) is 1. The van der Waals surface area contributed by atoms with Crippen LogP contribution in [0.4, 0.5) is 0 Å². The average molecular weight is 267 g/mol. The summed E-state index contributed by atoms with van der Waals surface area (Å²) in [5.74, 6) is 0.905. The molecule has 2 nitrogen and oxygen atoms in total. The summed E-state index contributed by atoms with van der Waals surface area (Å²) in [6.45, 7) is 2.71. The van der Waals surface area contributed by atoms with Crippen LogP contribution in [0.2, 0.25) is 0 Å². The van der Waals surface area contributed by atoms with Gasteiger partial charge in [-0.2, -0.15) is 0 Å². The summed E-state index contributed by atoms with van der Waals surface area (Å²) in [5.41, 5.74) is 2.42. The van der Waals surface area contributed by atoms with Crippen molar-refractivity contribution in [1.82, 2.24) is 5.32 Å². The summed E-state index contributed by atoms with van der Waals surface area (Å²) in [4.78, 5) is 0. The maximum absolute atomic E-state index is 5.75. The van der Waals surface area contributed by atoms with Gasteiger partial charge in [0.05, 0.1) is 0 Å². The maximum Gasteiger partial charge on any atom is 0.120 e. The summed E-state index contributed by atoms with van der Waals surface area (Å²) in [6.07, 6.45) is 4.10. The standard InChI is InChI=1S/C18H21NO/c1-15(19-2)17-11-6-12-18(14-17)20-13-7-10-16-8-4-3-5-9-16/h3-12,14-15,19H,13H2,1-2H3/b10-7+. The van der Waals surface area contributed by atoms with E-state index in [4.69, 9.17) is 4.74 Å². The van der Waals surface area contributed by atoms with Crippen LogP contribution in [0.1, 0.15) is 24.1 Å². The molecular formula is C18H21NO. The molecule has 1 atom stereocenters. The Bertz CT molecular complexity index is 548. The first-order valence-corrected chi connectivity index (χ1v) is 6.91. The first-order chi connectivity index (χ1) is 9.79. The van der Waals surface area contributed by atoms with E-state index in [-0.39, 0.29) is 0 Å². The third kappa shape index (κ3) is 4.25. The lowest BCUT2D eigenvalue weighted by Crippen LogP contribution is -2.12. The Labute approximate surface area is 121 Å². The van der Waals surface area contributed by atoms with Crippen molar-refractivity contribution in [3.05, 3.63) is 71.8 Å². The van der Waals surface area contributed by atoms with Crippen LogP contribution in [0.5, 0.6) is 5.75 Å². The summed E-state index contributed by atoms with van der Waals surface area (Å²) < 4.78 is 5.75. The quantitative estimate of drug-likeness (QED) is 0.852. The zero-order valence-corrected chi connectivity index (χ0v) is 12.0. The molecule has 0 saturated heterocycles. The van der Waals surface area contributed by atoms with Gasteiger partial charge < -0.3 is 10.1 Å². The Morgan fingerprint density at radius 2 is 1.90 bits per heavy atom. The van der Waals surface area contributed by atoms with Crippen LogP contribution >= 0.6 is 0 Å². The molecule has 20 heavy (non-hydrogen) atoms. The number of nitrogens with one attached hydrogen (secondary N) is 1. The number of rotatable bonds is 6. The normalized spacial score (nSPS) is 12.5. The third-order valence-corrected chi connectivity index (χ3v) is 3.25. The molecule has 104 valence electrons. The minimum atomic E-state index is 0.332. The van der Waals surface area contributed by atoms with E-state index in [2.05, 4.69) is 42.6 Å². The van der Waals surface area contributed by atoms with Gasteiger partial charge in [-0.05, 0) is 43.3 Å². The lowest BCUT2D eigenvalue weighted by Gasteiger charge is -2.12. The molecule has 2 aromatic rings. The van der Waals surface area contributed by atoms with Crippen LogP contribution in [0.25, 0.3) is 6.08 Å². The Balaban J connectivity index is 1.89. The fourth-order valence-electron chi connectivity index (χ4n) is 1.93. The van der Waals surface area contributed by atoms with Crippen molar-refractivity contribution in [3.8, 4) is 5.75 Å². The van der Waals surface area contributed by atoms with Crippen molar-refractivity contribution < 1.29 is 4.74 Å². The van der Waals surface area contributed by atoms with Gasteiger partial charge >= 0.3 is 0 Å². The van der Waals surface area contributed by atoms with Gasteiger partial charge in [0.1, 0.15) is 12.4 Å². The Morgan fingerprint density at radius 1 is 1.10 bits per heavy atom. The fraction of sp³-hybridized carbons (Fsp3) is 0.222. The van der Waals surface area contributed by atoms with Gasteiger partial charge in [-0.15, -0.1) is 0 Å². The molecule has 0 aromatic heterocycles. The van der Waals surface area contributed by atoms with Crippen molar-refractivity contribution in [2.75, 3.05) is 13.7 Å². The molecule has 0 fully saturated rings. The van der Waals surface area contributed by atoms with Crippen LogP contribution in [-0.4, -0.2) is 13.7 Å². The second-order valence-corrected chi connectivity index (χ2v) is 4.71. The third-order valence-electron chi connectivity index (χ3n) is 3.25. The molecule has 0 aliphatic rings. The minimum absolute atomic E-state index is 0.332. The van der Waals surface area contributed by atoms with E-state index in [1.54, 1.807) is 0 Å². The van der Waals surface area contributed by atoms with E-state index < -0.39 is 0 Å². The minimum Gasteiger partial charge on any atom is -0.490 e. The number of ether oxygens (including phenoxy) is 1. The van der Waals surface area contributed by atoms with Crippen LogP contribution in [0.3, 0.4) is 0 Å². The molecule has 0 aliphatic carbocycles. The van der Waals surface area contributed by atoms with Crippen molar-refractivity contribution in [1.29, 1.82) is 0 Å². The molecule has 0 spiro atoms. The topological polar surface area (TPSA) is 21.3 Å². The number of benzene rings is 2. The van der Waals surface area contributed by atoms with Gasteiger partial charge in [-0.1, -0.05) is 48.5 Å². The van der Waals surface area contributed by atoms with Gasteiger partial charge in [0.2, 0.25) is 0 Å². The zero-order valence-electron chi connectivity index (χ0n) is 12.0. The molecular weight excluding hydrogens is 246 g/mol. The molecule has 0 radical (unpaired) electrons. The first kappa shape index (κ1) is 14.4. The van der Waals surface area contributed by atoms with Crippen molar-refractivity contribution >= 4 is 6.08 Å². The summed E-state index contributed by atoms with van der Waals surface area (Å²) in [6, 6.07) is 18.8. The monoisotopic (exact) mass is 267 g/mol. The van der Waals surface area contributed by atoms with Crippen molar-refractivity contribution in [2.24, 2.45) is 0 Å².